The molecule has 150 valence electrons. The van der Waals surface area contributed by atoms with E-state index in [-0.39, 0.29) is 11.9 Å². The predicted molar refractivity (Wildman–Crippen MR) is 105 cm³/mol. The maximum atomic E-state index is 12.7. The van der Waals surface area contributed by atoms with Crippen LogP contribution in [-0.2, 0) is 0 Å². The average Bonchev–Trinajstić information content (AvgIpc) is 3.54. The molecule has 2 aliphatic carbocycles. The van der Waals surface area contributed by atoms with Gasteiger partial charge in [-0.2, -0.15) is 0 Å². The second-order valence-corrected chi connectivity index (χ2v) is 8.54. The molecule has 0 aromatic carbocycles. The van der Waals surface area contributed by atoms with Crippen LogP contribution in [0, 0.1) is 11.8 Å². The minimum Gasteiger partial charge on any atom is -0.349 e. The molecule has 28 heavy (non-hydrogen) atoms. The molecule has 2 saturated carbocycles. The monoisotopic (exact) mass is 387 g/mol. The van der Waals surface area contributed by atoms with E-state index in [0.717, 1.165) is 42.3 Å². The Morgan fingerprint density at radius 3 is 2.54 bits per heavy atom. The van der Waals surface area contributed by atoms with Crippen molar-refractivity contribution < 1.29 is 13.6 Å². The zero-order chi connectivity index (χ0) is 19.7. The van der Waals surface area contributed by atoms with Gasteiger partial charge in [0.2, 0.25) is 6.43 Å². The average molecular weight is 387 g/mol. The van der Waals surface area contributed by atoms with Crippen molar-refractivity contribution in [1.29, 1.82) is 0 Å². The summed E-state index contributed by atoms with van der Waals surface area (Å²) in [4.78, 5) is 21.6. The molecule has 0 saturated heterocycles. The summed E-state index contributed by atoms with van der Waals surface area (Å²) in [6.07, 6.45) is 7.64. The molecule has 0 aliphatic heterocycles. The fraction of sp³-hybridized carbons (Fsp3) is 0.591. The van der Waals surface area contributed by atoms with E-state index >= 15 is 0 Å². The van der Waals surface area contributed by atoms with Crippen molar-refractivity contribution in [2.24, 2.45) is 11.8 Å². The van der Waals surface area contributed by atoms with Crippen LogP contribution in [0.1, 0.15) is 73.8 Å². The topological polar surface area (TPSA) is 54.9 Å². The van der Waals surface area contributed by atoms with Crippen LogP contribution in [0.3, 0.4) is 0 Å². The molecule has 0 bridgehead atoms. The van der Waals surface area contributed by atoms with E-state index < -0.39 is 12.3 Å². The third kappa shape index (κ3) is 4.47. The molecule has 1 amide bonds. The SMILES string of the molecule is CC(CC1CCC(NC(=O)c2cnc3cc(C4CC4)ncc3c2)CC1)C(F)F. The summed E-state index contributed by atoms with van der Waals surface area (Å²) < 4.78 is 25.5. The van der Waals surface area contributed by atoms with Gasteiger partial charge in [-0.25, -0.2) is 8.78 Å². The number of halogens is 2. The number of fused-ring (bicyclic) bond motifs is 1. The number of rotatable bonds is 6. The second kappa shape index (κ2) is 8.10. The van der Waals surface area contributed by atoms with Crippen LogP contribution in [-0.4, -0.2) is 28.3 Å². The molecule has 6 heteroatoms. The first-order chi connectivity index (χ1) is 13.5. The van der Waals surface area contributed by atoms with Crippen molar-refractivity contribution in [2.45, 2.75) is 70.3 Å². The van der Waals surface area contributed by atoms with Gasteiger partial charge in [-0.15, -0.1) is 0 Å². The Bertz CT molecular complexity index is 845. The summed E-state index contributed by atoms with van der Waals surface area (Å²) >= 11 is 0. The number of nitrogens with one attached hydrogen (secondary N) is 1. The number of pyridine rings is 2. The first-order valence-electron chi connectivity index (χ1n) is 10.3. The molecular weight excluding hydrogens is 360 g/mol. The van der Waals surface area contributed by atoms with Gasteiger partial charge in [0.15, 0.2) is 0 Å². The molecular formula is C22H27F2N3O. The van der Waals surface area contributed by atoms with E-state index in [9.17, 15) is 13.6 Å². The van der Waals surface area contributed by atoms with Crippen LogP contribution in [0.25, 0.3) is 10.9 Å². The summed E-state index contributed by atoms with van der Waals surface area (Å²) in [7, 11) is 0. The lowest BCUT2D eigenvalue weighted by Gasteiger charge is -2.30. The minimum atomic E-state index is -2.24. The number of hydrogen-bond donors (Lipinski definition) is 1. The summed E-state index contributed by atoms with van der Waals surface area (Å²) in [6.45, 7) is 1.62. The molecule has 2 aromatic heterocycles. The highest BCUT2D eigenvalue weighted by atomic mass is 19.3. The van der Waals surface area contributed by atoms with Crippen LogP contribution in [0.15, 0.2) is 24.5 Å². The molecule has 1 unspecified atom stereocenters. The Morgan fingerprint density at radius 2 is 1.86 bits per heavy atom. The zero-order valence-corrected chi connectivity index (χ0v) is 16.2. The summed E-state index contributed by atoms with van der Waals surface area (Å²) in [6, 6.07) is 3.98. The predicted octanol–water partition coefficient (Wildman–Crippen LogP) is 5.09. The van der Waals surface area contributed by atoms with Crippen LogP contribution in [0.4, 0.5) is 8.78 Å². The molecule has 2 aliphatic rings. The van der Waals surface area contributed by atoms with Crippen molar-refractivity contribution in [1.82, 2.24) is 15.3 Å². The third-order valence-electron chi connectivity index (χ3n) is 6.16. The number of alkyl halides is 2. The lowest BCUT2D eigenvalue weighted by atomic mass is 9.81. The van der Waals surface area contributed by atoms with Gasteiger partial charge in [-0.1, -0.05) is 6.92 Å². The van der Waals surface area contributed by atoms with Gasteiger partial charge >= 0.3 is 0 Å². The number of amides is 1. The van der Waals surface area contributed by atoms with E-state index in [2.05, 4.69) is 15.3 Å². The van der Waals surface area contributed by atoms with Crippen molar-refractivity contribution in [2.75, 3.05) is 0 Å². The van der Waals surface area contributed by atoms with Crippen LogP contribution in [0.5, 0.6) is 0 Å². The number of nitrogens with zero attached hydrogens (tertiary/aromatic N) is 2. The lowest BCUT2D eigenvalue weighted by Crippen LogP contribution is -2.38. The number of aromatic nitrogens is 2. The van der Waals surface area contributed by atoms with Crippen LogP contribution >= 0.6 is 0 Å². The van der Waals surface area contributed by atoms with E-state index in [1.807, 2.05) is 18.3 Å². The Morgan fingerprint density at radius 1 is 1.11 bits per heavy atom. The maximum Gasteiger partial charge on any atom is 0.253 e. The quantitative estimate of drug-likeness (QED) is 0.751. The van der Waals surface area contributed by atoms with Gasteiger partial charge < -0.3 is 5.32 Å². The summed E-state index contributed by atoms with van der Waals surface area (Å²) in [5, 5.41) is 3.97. The first-order valence-corrected chi connectivity index (χ1v) is 10.3. The standard InChI is InChI=1S/C22H27F2N3O/c1-13(21(23)24)8-14-2-6-18(7-3-14)27-22(28)17-9-16-11-25-19(15-4-5-15)10-20(16)26-12-17/h9-15,18,21H,2-8H2,1H3,(H,27,28). The molecule has 1 N–H and O–H groups in total. The molecule has 4 rings (SSSR count). The van der Waals surface area contributed by atoms with Crippen LogP contribution < -0.4 is 5.32 Å². The number of carbonyl (C=O) groups excluding carboxylic acids is 1. The molecule has 2 aromatic rings. The highest BCUT2D eigenvalue weighted by Gasteiger charge is 2.27. The normalized spacial score (nSPS) is 23.7. The number of hydrogen-bond acceptors (Lipinski definition) is 3. The van der Waals surface area contributed by atoms with Crippen molar-refractivity contribution >= 4 is 16.8 Å². The molecule has 0 spiro atoms. The van der Waals surface area contributed by atoms with Gasteiger partial charge in [0.1, 0.15) is 0 Å². The highest BCUT2D eigenvalue weighted by molar-refractivity contribution is 5.97. The van der Waals surface area contributed by atoms with Gasteiger partial charge in [0.25, 0.3) is 5.91 Å². The molecule has 4 nitrogen and oxygen atoms in total. The zero-order valence-electron chi connectivity index (χ0n) is 16.2. The van der Waals surface area contributed by atoms with Gasteiger partial charge in [-0.05, 0) is 63.0 Å². The Labute approximate surface area is 164 Å². The lowest BCUT2D eigenvalue weighted by molar-refractivity contribution is 0.0665. The van der Waals surface area contributed by atoms with E-state index in [1.165, 1.54) is 12.8 Å². The summed E-state index contributed by atoms with van der Waals surface area (Å²) in [5.74, 6) is 0.248. The number of carbonyl (C=O) groups is 1. The van der Waals surface area contributed by atoms with Gasteiger partial charge in [0, 0.05) is 41.4 Å². The Hall–Kier alpha value is -2.11. The Kier molecular flexibility index (Phi) is 5.56. The van der Waals surface area contributed by atoms with E-state index in [4.69, 9.17) is 0 Å². The van der Waals surface area contributed by atoms with E-state index in [0.29, 0.717) is 23.8 Å². The van der Waals surface area contributed by atoms with Crippen molar-refractivity contribution in [3.63, 3.8) is 0 Å². The molecule has 2 heterocycles. The molecule has 0 radical (unpaired) electrons. The first kappa shape index (κ1) is 19.2. The van der Waals surface area contributed by atoms with Gasteiger partial charge in [0.05, 0.1) is 11.1 Å². The fourth-order valence-corrected chi connectivity index (χ4v) is 4.20. The summed E-state index contributed by atoms with van der Waals surface area (Å²) in [5.41, 5.74) is 2.51. The smallest absolute Gasteiger partial charge is 0.253 e. The van der Waals surface area contributed by atoms with E-state index in [1.54, 1.807) is 13.1 Å². The molecule has 1 atom stereocenters. The maximum absolute atomic E-state index is 12.7. The van der Waals surface area contributed by atoms with Crippen molar-refractivity contribution in [3.05, 3.63) is 35.8 Å². The second-order valence-electron chi connectivity index (χ2n) is 8.54. The minimum absolute atomic E-state index is 0.108. The third-order valence-corrected chi connectivity index (χ3v) is 6.16. The fourth-order valence-electron chi connectivity index (χ4n) is 4.20. The van der Waals surface area contributed by atoms with Gasteiger partial charge in [-0.3, -0.25) is 14.8 Å². The Balaban J connectivity index is 1.33. The van der Waals surface area contributed by atoms with Crippen molar-refractivity contribution in [3.8, 4) is 0 Å². The highest BCUT2D eigenvalue weighted by Crippen LogP contribution is 2.39. The largest absolute Gasteiger partial charge is 0.349 e. The van der Waals surface area contributed by atoms with Crippen LogP contribution in [0.2, 0.25) is 0 Å². The molecule has 2 fully saturated rings.